The van der Waals surface area contributed by atoms with Gasteiger partial charge >= 0.3 is 12.2 Å². The predicted octanol–water partition coefficient (Wildman–Crippen LogP) is 6.59. The van der Waals surface area contributed by atoms with Gasteiger partial charge in [0.25, 0.3) is 0 Å². The molecule has 4 aromatic rings. The lowest BCUT2D eigenvalue weighted by Gasteiger charge is -2.30. The van der Waals surface area contributed by atoms with E-state index in [1.54, 1.807) is 34.2 Å². The summed E-state index contributed by atoms with van der Waals surface area (Å²) in [6, 6.07) is 5.95. The van der Waals surface area contributed by atoms with Crippen LogP contribution in [0.15, 0.2) is 42.7 Å². The molecule has 0 radical (unpaired) electrons. The van der Waals surface area contributed by atoms with Gasteiger partial charge in [0.05, 0.1) is 50.1 Å². The van der Waals surface area contributed by atoms with E-state index in [2.05, 4.69) is 30.6 Å². The summed E-state index contributed by atoms with van der Waals surface area (Å²) < 4.78 is 37.5. The summed E-state index contributed by atoms with van der Waals surface area (Å²) in [5.74, 6) is 1.10. The molecule has 5 heterocycles. The summed E-state index contributed by atoms with van der Waals surface area (Å²) in [5, 5.41) is 5.31. The summed E-state index contributed by atoms with van der Waals surface area (Å²) in [7, 11) is 2.51. The highest BCUT2D eigenvalue weighted by atomic mass is 19.1. The second-order valence-corrected chi connectivity index (χ2v) is 15.1. The summed E-state index contributed by atoms with van der Waals surface area (Å²) in [6.45, 7) is 8.45. The third kappa shape index (κ3) is 7.82. The lowest BCUT2D eigenvalue weighted by molar-refractivity contribution is -0.136. The number of ether oxygens (including phenoxy) is 4. The average molecular weight is 787 g/mol. The second-order valence-electron chi connectivity index (χ2n) is 15.1. The van der Waals surface area contributed by atoms with Crippen LogP contribution in [0.4, 0.5) is 14.0 Å². The third-order valence-corrected chi connectivity index (χ3v) is 10.7. The molecular weight excluding hydrogens is 739 g/mol. The Balaban J connectivity index is 1.07. The van der Waals surface area contributed by atoms with Gasteiger partial charge in [-0.05, 0) is 61.8 Å². The monoisotopic (exact) mass is 786 g/mol. The van der Waals surface area contributed by atoms with Crippen LogP contribution in [-0.2, 0) is 19.1 Å². The molecule has 0 spiro atoms. The number of likely N-dealkylation sites (tertiary alicyclic amines) is 2. The molecule has 16 nitrogen and oxygen atoms in total. The molecule has 0 saturated carbocycles. The number of nitrogens with zero attached hydrogens (tertiary/aromatic N) is 4. The number of alkyl carbamates (subject to hydrolysis) is 2. The number of imidazole rings is 2. The quantitative estimate of drug-likeness (QED) is 0.120. The number of rotatable bonds is 10. The van der Waals surface area contributed by atoms with Gasteiger partial charge in [0, 0.05) is 30.3 Å². The van der Waals surface area contributed by atoms with E-state index in [0.29, 0.717) is 66.2 Å². The molecule has 3 aliphatic heterocycles. The van der Waals surface area contributed by atoms with E-state index in [4.69, 9.17) is 18.9 Å². The smallest absolute Gasteiger partial charge is 0.407 e. The Morgan fingerprint density at radius 2 is 1.23 bits per heavy atom. The number of carbonyl (C=O) groups excluding carboxylic acids is 4. The van der Waals surface area contributed by atoms with Gasteiger partial charge < -0.3 is 49.3 Å². The number of H-pyrrole nitrogens is 2. The second kappa shape index (κ2) is 16.2. The maximum Gasteiger partial charge on any atom is 0.407 e. The Morgan fingerprint density at radius 1 is 0.737 bits per heavy atom. The van der Waals surface area contributed by atoms with E-state index < -0.39 is 36.1 Å². The molecule has 0 unspecified atom stereocenters. The van der Waals surface area contributed by atoms with Crippen LogP contribution in [0, 0.1) is 17.7 Å². The number of hydrogen-bond donors (Lipinski definition) is 4. The van der Waals surface area contributed by atoms with Crippen molar-refractivity contribution in [1.29, 1.82) is 0 Å². The van der Waals surface area contributed by atoms with Crippen LogP contribution >= 0.6 is 0 Å². The lowest BCUT2D eigenvalue weighted by atomic mass is 10.0. The number of aromatic amines is 2. The number of halogens is 1. The Hall–Kier alpha value is -6.13. The molecule has 3 aliphatic rings. The maximum atomic E-state index is 15.7. The number of nitrogens with one attached hydrogen (secondary N) is 4. The van der Waals surface area contributed by atoms with Crippen molar-refractivity contribution in [3.63, 3.8) is 0 Å². The minimum Gasteiger partial charge on any atom is -0.453 e. The molecule has 17 heteroatoms. The van der Waals surface area contributed by atoms with Crippen molar-refractivity contribution in [1.82, 2.24) is 40.4 Å². The Kier molecular flexibility index (Phi) is 11.1. The van der Waals surface area contributed by atoms with Gasteiger partial charge in [-0.15, -0.1) is 0 Å². The molecule has 0 aliphatic carbocycles. The topological polar surface area (TPSA) is 193 Å². The van der Waals surface area contributed by atoms with Crippen LogP contribution in [0.1, 0.15) is 77.1 Å². The number of carbonyl (C=O) groups is 4. The predicted molar refractivity (Wildman–Crippen MR) is 204 cm³/mol. The first-order valence-corrected chi connectivity index (χ1v) is 19.1. The average Bonchev–Trinajstić information content (AvgIpc) is 4.03. The van der Waals surface area contributed by atoms with Crippen LogP contribution in [-0.4, -0.2) is 93.1 Å². The molecule has 7 rings (SSSR count). The summed E-state index contributed by atoms with van der Waals surface area (Å²) in [5.41, 5.74) is 2.04. The number of methoxy groups -OCH3 is 2. The van der Waals surface area contributed by atoms with E-state index >= 15 is 4.39 Å². The summed E-state index contributed by atoms with van der Waals surface area (Å²) >= 11 is 0. The SMILES string of the molecule is COC(=O)N[C@H](C(=O)N1CCC[C@H]1c1ncc(-c2ccc3c(c2)Oc2cc(-c4cnc([C@@H]5CCCN5C(=O)[C@@H](NC(=O)OC)C(C)C)[nH]4)c(F)cc2O3)[nH]1)C(C)C. The minimum absolute atomic E-state index is 0.153. The first-order chi connectivity index (χ1) is 27.4. The molecule has 4 atom stereocenters. The zero-order chi connectivity index (χ0) is 40.5. The fourth-order valence-corrected chi connectivity index (χ4v) is 7.66. The molecule has 302 valence electrons. The molecule has 2 fully saturated rings. The van der Waals surface area contributed by atoms with Crippen LogP contribution < -0.4 is 20.1 Å². The molecular formula is C40H47FN8O8. The van der Waals surface area contributed by atoms with Gasteiger partial charge in [-0.25, -0.2) is 23.9 Å². The lowest BCUT2D eigenvalue weighted by Crippen LogP contribution is -2.51. The van der Waals surface area contributed by atoms with Crippen LogP contribution in [0.25, 0.3) is 22.5 Å². The number of aromatic nitrogens is 4. The zero-order valence-corrected chi connectivity index (χ0v) is 32.7. The van der Waals surface area contributed by atoms with Crippen molar-refractivity contribution in [2.24, 2.45) is 11.8 Å². The van der Waals surface area contributed by atoms with Crippen LogP contribution in [0.2, 0.25) is 0 Å². The van der Waals surface area contributed by atoms with Gasteiger partial charge in [-0.1, -0.05) is 27.7 Å². The first kappa shape index (κ1) is 39.1. The normalized spacial score (nSPS) is 18.3. The molecule has 57 heavy (non-hydrogen) atoms. The Bertz CT molecular complexity index is 2170. The van der Waals surface area contributed by atoms with Crippen molar-refractivity contribution >= 4 is 24.0 Å². The molecule has 2 aromatic heterocycles. The first-order valence-electron chi connectivity index (χ1n) is 19.1. The summed E-state index contributed by atoms with van der Waals surface area (Å²) in [4.78, 5) is 70.4. The largest absolute Gasteiger partial charge is 0.453 e. The highest BCUT2D eigenvalue weighted by molar-refractivity contribution is 5.87. The van der Waals surface area contributed by atoms with Crippen molar-refractivity contribution in [3.8, 4) is 45.5 Å². The van der Waals surface area contributed by atoms with E-state index in [-0.39, 0.29) is 41.0 Å². The van der Waals surface area contributed by atoms with Crippen molar-refractivity contribution in [2.45, 2.75) is 77.5 Å². The molecule has 4 N–H and O–H groups in total. The van der Waals surface area contributed by atoms with Crippen molar-refractivity contribution < 1.29 is 42.5 Å². The standard InChI is InChI=1S/C40H47FN8O8/c1-20(2)33(46-39(52)54-5)37(50)48-13-7-9-27(48)35-42-18-25(44-35)22-11-12-29-30(15-22)57-31-16-23(24(41)17-32(31)56-29)26-19-43-36(45-26)28-10-8-14-49(28)38(51)34(21(3)4)47-40(53)55-6/h11-12,15-21,27-28,33-34H,7-10,13-14H2,1-6H3,(H,42,44)(H,43,45)(H,46,52)(H,47,53)/t27-,28-,33-,34-/m0/s1. The molecule has 2 saturated heterocycles. The molecule has 4 amide bonds. The van der Waals surface area contributed by atoms with Gasteiger partial charge in [-0.2, -0.15) is 0 Å². The van der Waals surface area contributed by atoms with Crippen LogP contribution in [0.5, 0.6) is 23.0 Å². The van der Waals surface area contributed by atoms with Crippen molar-refractivity contribution in [2.75, 3.05) is 27.3 Å². The number of amides is 4. The van der Waals surface area contributed by atoms with Gasteiger partial charge in [0.1, 0.15) is 29.5 Å². The highest BCUT2D eigenvalue weighted by Crippen LogP contribution is 2.48. The number of hydrogen-bond acceptors (Lipinski definition) is 10. The van der Waals surface area contributed by atoms with Crippen molar-refractivity contribution in [3.05, 3.63) is 60.2 Å². The Morgan fingerprint density at radius 3 is 1.77 bits per heavy atom. The fraction of sp³-hybridized carbons (Fsp3) is 0.450. The Labute approximate surface area is 328 Å². The summed E-state index contributed by atoms with van der Waals surface area (Å²) in [6.07, 6.45) is 4.76. The van der Waals surface area contributed by atoms with Crippen LogP contribution in [0.3, 0.4) is 0 Å². The minimum atomic E-state index is -0.782. The third-order valence-electron chi connectivity index (χ3n) is 10.7. The van der Waals surface area contributed by atoms with Gasteiger partial charge in [0.2, 0.25) is 11.8 Å². The van der Waals surface area contributed by atoms with E-state index in [1.807, 2.05) is 33.8 Å². The fourth-order valence-electron chi connectivity index (χ4n) is 7.66. The highest BCUT2D eigenvalue weighted by Gasteiger charge is 2.39. The zero-order valence-electron chi connectivity index (χ0n) is 32.7. The number of benzene rings is 2. The van der Waals surface area contributed by atoms with E-state index in [9.17, 15) is 19.2 Å². The maximum absolute atomic E-state index is 15.7. The molecule has 0 bridgehead atoms. The van der Waals surface area contributed by atoms with Gasteiger partial charge in [-0.3, -0.25) is 9.59 Å². The van der Waals surface area contributed by atoms with E-state index in [1.165, 1.54) is 26.5 Å². The van der Waals surface area contributed by atoms with E-state index in [0.717, 1.165) is 18.4 Å². The van der Waals surface area contributed by atoms with Gasteiger partial charge in [0.15, 0.2) is 23.0 Å². The number of fused-ring (bicyclic) bond motifs is 2. The molecule has 2 aromatic carbocycles.